The molecule has 1 N–H and O–H groups in total. The molecule has 3 atom stereocenters. The monoisotopic (exact) mass is 262 g/mol. The molecule has 1 fully saturated rings. The van der Waals surface area contributed by atoms with Crippen molar-refractivity contribution >= 4 is 0 Å². The average Bonchev–Trinajstić information content (AvgIpc) is 2.88. The summed E-state index contributed by atoms with van der Waals surface area (Å²) in [5.74, 6) is 1.17. The minimum absolute atomic E-state index is 0.128. The summed E-state index contributed by atoms with van der Waals surface area (Å²) >= 11 is 0. The maximum Gasteiger partial charge on any atom is 0.123 e. The van der Waals surface area contributed by atoms with Crippen molar-refractivity contribution < 1.29 is 14.6 Å². The quantitative estimate of drug-likeness (QED) is 0.890. The lowest BCUT2D eigenvalue weighted by molar-refractivity contribution is 0.0803. The van der Waals surface area contributed by atoms with Gasteiger partial charge >= 0.3 is 0 Å². The fraction of sp³-hybridized carbons (Fsp3) is 0.625. The van der Waals surface area contributed by atoms with Gasteiger partial charge in [-0.3, -0.25) is 0 Å². The molecule has 0 bridgehead atoms. The van der Waals surface area contributed by atoms with E-state index < -0.39 is 6.10 Å². The number of fused-ring (bicyclic) bond motifs is 1. The molecule has 1 aromatic rings. The van der Waals surface area contributed by atoms with E-state index in [1.165, 1.54) is 5.56 Å². The van der Waals surface area contributed by atoms with Crippen LogP contribution in [0.25, 0.3) is 0 Å². The van der Waals surface area contributed by atoms with Gasteiger partial charge < -0.3 is 14.6 Å². The van der Waals surface area contributed by atoms with E-state index >= 15 is 0 Å². The Morgan fingerprint density at radius 3 is 2.84 bits per heavy atom. The minimum Gasteiger partial charge on any atom is -0.487 e. The van der Waals surface area contributed by atoms with Crippen molar-refractivity contribution in [3.05, 3.63) is 29.3 Å². The van der Waals surface area contributed by atoms with Gasteiger partial charge in [0, 0.05) is 12.3 Å². The predicted octanol–water partition coefficient (Wildman–Crippen LogP) is 2.86. The third-order valence-electron chi connectivity index (χ3n) is 4.10. The first-order valence-corrected chi connectivity index (χ1v) is 7.06. The van der Waals surface area contributed by atoms with Crippen LogP contribution in [0.15, 0.2) is 18.2 Å². The Labute approximate surface area is 114 Å². The topological polar surface area (TPSA) is 38.7 Å². The molecule has 0 amide bonds. The van der Waals surface area contributed by atoms with Gasteiger partial charge in [0.2, 0.25) is 0 Å². The first kappa shape index (κ1) is 12.9. The lowest BCUT2D eigenvalue weighted by Crippen LogP contribution is -2.24. The van der Waals surface area contributed by atoms with Crippen molar-refractivity contribution in [1.82, 2.24) is 0 Å². The second-order valence-electron chi connectivity index (χ2n) is 6.49. The van der Waals surface area contributed by atoms with Gasteiger partial charge in [-0.2, -0.15) is 0 Å². The van der Waals surface area contributed by atoms with E-state index in [-0.39, 0.29) is 17.6 Å². The molecule has 104 valence electrons. The molecule has 0 spiro atoms. The second kappa shape index (κ2) is 4.50. The van der Waals surface area contributed by atoms with Crippen LogP contribution in [0.2, 0.25) is 0 Å². The van der Waals surface area contributed by atoms with Crippen LogP contribution in [0.4, 0.5) is 0 Å². The maximum atomic E-state index is 10.5. The van der Waals surface area contributed by atoms with Crippen molar-refractivity contribution in [2.75, 3.05) is 6.61 Å². The van der Waals surface area contributed by atoms with Crippen LogP contribution in [-0.4, -0.2) is 23.4 Å². The zero-order valence-electron chi connectivity index (χ0n) is 11.8. The highest BCUT2D eigenvalue weighted by molar-refractivity contribution is 5.42. The zero-order valence-corrected chi connectivity index (χ0v) is 11.8. The van der Waals surface area contributed by atoms with E-state index in [0.717, 1.165) is 24.2 Å². The fourth-order valence-corrected chi connectivity index (χ4v) is 3.16. The van der Waals surface area contributed by atoms with Crippen molar-refractivity contribution in [3.8, 4) is 5.75 Å². The van der Waals surface area contributed by atoms with E-state index in [0.29, 0.717) is 6.61 Å². The molecule has 1 saturated heterocycles. The third kappa shape index (κ3) is 2.49. The molecule has 2 aliphatic heterocycles. The summed E-state index contributed by atoms with van der Waals surface area (Å²) in [7, 11) is 0. The molecule has 1 aromatic carbocycles. The molecule has 3 heteroatoms. The lowest BCUT2D eigenvalue weighted by atomic mass is 9.91. The molecule has 0 aromatic heterocycles. The smallest absolute Gasteiger partial charge is 0.123 e. The van der Waals surface area contributed by atoms with Crippen LogP contribution in [-0.2, 0) is 11.2 Å². The number of benzene rings is 1. The molecule has 19 heavy (non-hydrogen) atoms. The Balaban J connectivity index is 1.80. The Morgan fingerprint density at radius 2 is 2.16 bits per heavy atom. The lowest BCUT2D eigenvalue weighted by Gasteiger charge is -2.17. The summed E-state index contributed by atoms with van der Waals surface area (Å²) in [6, 6.07) is 6.06. The van der Waals surface area contributed by atoms with Gasteiger partial charge in [-0.25, -0.2) is 0 Å². The Bertz CT molecular complexity index is 481. The van der Waals surface area contributed by atoms with E-state index in [4.69, 9.17) is 9.47 Å². The van der Waals surface area contributed by atoms with Gasteiger partial charge in [-0.1, -0.05) is 6.07 Å². The summed E-state index contributed by atoms with van der Waals surface area (Å²) in [4.78, 5) is 0. The van der Waals surface area contributed by atoms with Crippen LogP contribution in [0, 0.1) is 5.92 Å². The van der Waals surface area contributed by atoms with Crippen molar-refractivity contribution in [2.24, 2.45) is 5.92 Å². The first-order chi connectivity index (χ1) is 8.94. The van der Waals surface area contributed by atoms with Gasteiger partial charge in [-0.05, 0) is 50.5 Å². The largest absolute Gasteiger partial charge is 0.487 e. The second-order valence-corrected chi connectivity index (χ2v) is 6.49. The number of hydrogen-bond acceptors (Lipinski definition) is 3. The Kier molecular flexibility index (Phi) is 3.06. The predicted molar refractivity (Wildman–Crippen MR) is 73.3 cm³/mol. The van der Waals surface area contributed by atoms with Crippen molar-refractivity contribution in [2.45, 2.75) is 51.4 Å². The van der Waals surface area contributed by atoms with Gasteiger partial charge in [0.1, 0.15) is 11.4 Å². The molecule has 3 nitrogen and oxygen atoms in total. The first-order valence-electron chi connectivity index (χ1n) is 7.06. The Morgan fingerprint density at radius 1 is 1.37 bits per heavy atom. The van der Waals surface area contributed by atoms with Crippen LogP contribution >= 0.6 is 0 Å². The fourth-order valence-electron chi connectivity index (χ4n) is 3.16. The zero-order chi connectivity index (χ0) is 13.6. The normalized spacial score (nSPS) is 29.9. The van der Waals surface area contributed by atoms with Crippen LogP contribution in [0.3, 0.4) is 0 Å². The highest BCUT2D eigenvalue weighted by Gasteiger charge is 2.33. The van der Waals surface area contributed by atoms with Crippen molar-refractivity contribution in [1.29, 1.82) is 0 Å². The van der Waals surface area contributed by atoms with Gasteiger partial charge in [0.15, 0.2) is 0 Å². The molecule has 2 heterocycles. The third-order valence-corrected chi connectivity index (χ3v) is 4.10. The molecular weight excluding hydrogens is 240 g/mol. The van der Waals surface area contributed by atoms with E-state index in [1.807, 2.05) is 12.1 Å². The van der Waals surface area contributed by atoms with Gasteiger partial charge in [-0.15, -0.1) is 0 Å². The van der Waals surface area contributed by atoms with E-state index in [9.17, 15) is 5.11 Å². The maximum absolute atomic E-state index is 10.5. The number of aliphatic hydroxyl groups is 1. The minimum atomic E-state index is -0.432. The number of rotatable bonds is 2. The van der Waals surface area contributed by atoms with Crippen LogP contribution in [0.5, 0.6) is 5.75 Å². The van der Waals surface area contributed by atoms with E-state index in [2.05, 4.69) is 26.8 Å². The summed E-state index contributed by atoms with van der Waals surface area (Å²) in [6.07, 6.45) is 1.66. The number of ether oxygens (including phenoxy) is 2. The summed E-state index contributed by atoms with van der Waals surface area (Å²) in [5.41, 5.74) is 2.06. The molecular formula is C16H22O3. The molecule has 0 saturated carbocycles. The molecule has 3 unspecified atom stereocenters. The number of aliphatic hydroxyl groups excluding tert-OH is 1. The molecule has 0 radical (unpaired) electrons. The van der Waals surface area contributed by atoms with Gasteiger partial charge in [0.05, 0.1) is 18.8 Å². The standard InChI is InChI=1S/C16H22O3/c1-10-6-13(9-18-10)15(17)11-4-5-14-12(7-11)8-16(2,3)19-14/h4-5,7,10,13,15,17H,6,8-9H2,1-3H3. The summed E-state index contributed by atoms with van der Waals surface area (Å²) in [5, 5.41) is 10.5. The van der Waals surface area contributed by atoms with Gasteiger partial charge in [0.25, 0.3) is 0 Å². The summed E-state index contributed by atoms with van der Waals surface area (Å²) in [6.45, 7) is 6.90. The average molecular weight is 262 g/mol. The molecule has 0 aliphatic carbocycles. The SMILES string of the molecule is CC1CC(C(O)c2ccc3c(c2)CC(C)(C)O3)CO1. The molecule has 2 aliphatic rings. The molecule has 3 rings (SSSR count). The Hall–Kier alpha value is -1.06. The van der Waals surface area contributed by atoms with Crippen LogP contribution < -0.4 is 4.74 Å². The van der Waals surface area contributed by atoms with E-state index in [1.54, 1.807) is 0 Å². The highest BCUT2D eigenvalue weighted by Crippen LogP contribution is 2.38. The van der Waals surface area contributed by atoms with Crippen molar-refractivity contribution in [3.63, 3.8) is 0 Å². The highest BCUT2D eigenvalue weighted by atomic mass is 16.5. The number of hydrogen-bond donors (Lipinski definition) is 1. The van der Waals surface area contributed by atoms with Crippen LogP contribution in [0.1, 0.15) is 44.4 Å². The summed E-state index contributed by atoms with van der Waals surface area (Å²) < 4.78 is 11.4.